The lowest BCUT2D eigenvalue weighted by molar-refractivity contribution is -0.121. The minimum absolute atomic E-state index is 0.0864. The SMILES string of the molecule is C[C@]12CC[C@H]3[C@@H](CCC4=CCC=C[C@@]43C)[C@@H]1CC[C@@H]2C(=O)SOCc1ccc(F)cc1. The van der Waals surface area contributed by atoms with Crippen molar-refractivity contribution < 1.29 is 13.4 Å². The Hall–Kier alpha value is -1.39. The van der Waals surface area contributed by atoms with Gasteiger partial charge in [-0.3, -0.25) is 4.79 Å². The van der Waals surface area contributed by atoms with Crippen molar-refractivity contribution in [3.8, 4) is 0 Å². The van der Waals surface area contributed by atoms with E-state index in [9.17, 15) is 9.18 Å². The molecule has 2 nitrogen and oxygen atoms in total. The molecular weight excluding hydrogens is 407 g/mol. The molecule has 0 spiro atoms. The lowest BCUT2D eigenvalue weighted by Crippen LogP contribution is -2.49. The highest BCUT2D eigenvalue weighted by Crippen LogP contribution is 2.66. The first-order chi connectivity index (χ1) is 14.9. The third-order valence-corrected chi connectivity index (χ3v) is 9.86. The standard InChI is InChI=1S/C27H33FO2S/c1-26-15-4-3-5-19(26)8-11-21-22-12-13-24(27(22,2)16-14-23(21)26)25(29)31-30-17-18-6-9-20(28)10-7-18/h4-7,9-10,15,21-24H,3,8,11-14,16-17H2,1-2H3/t21-,22-,23-,24+,26-,27-/m0/s1. The smallest absolute Gasteiger partial charge is 0.219 e. The van der Waals surface area contributed by atoms with Gasteiger partial charge in [0.25, 0.3) is 0 Å². The summed E-state index contributed by atoms with van der Waals surface area (Å²) in [7, 11) is 0. The number of hydrogen-bond acceptors (Lipinski definition) is 3. The van der Waals surface area contributed by atoms with Gasteiger partial charge in [0, 0.05) is 11.3 Å². The Morgan fingerprint density at radius 2 is 1.94 bits per heavy atom. The molecule has 0 saturated heterocycles. The summed E-state index contributed by atoms with van der Waals surface area (Å²) in [5.41, 5.74) is 2.88. The van der Waals surface area contributed by atoms with Crippen LogP contribution in [0.2, 0.25) is 0 Å². The van der Waals surface area contributed by atoms with Crippen LogP contribution in [0.5, 0.6) is 0 Å². The Morgan fingerprint density at radius 1 is 1.13 bits per heavy atom. The highest BCUT2D eigenvalue weighted by molar-refractivity contribution is 8.09. The fourth-order valence-corrected chi connectivity index (χ4v) is 8.34. The molecule has 5 rings (SSSR count). The number of benzene rings is 1. The van der Waals surface area contributed by atoms with Gasteiger partial charge < -0.3 is 4.18 Å². The maximum Gasteiger partial charge on any atom is 0.219 e. The van der Waals surface area contributed by atoms with Crippen LogP contribution in [0.25, 0.3) is 0 Å². The highest BCUT2D eigenvalue weighted by Gasteiger charge is 2.59. The first-order valence-corrected chi connectivity index (χ1v) is 12.6. The molecule has 3 fully saturated rings. The average molecular weight is 441 g/mol. The van der Waals surface area contributed by atoms with Crippen molar-refractivity contribution in [3.05, 3.63) is 59.4 Å². The largest absolute Gasteiger partial charge is 0.303 e. The Bertz CT molecular complexity index is 906. The second-order valence-corrected chi connectivity index (χ2v) is 11.3. The van der Waals surface area contributed by atoms with Crippen molar-refractivity contribution in [2.75, 3.05) is 0 Å². The topological polar surface area (TPSA) is 26.3 Å². The van der Waals surface area contributed by atoms with E-state index in [1.54, 1.807) is 17.7 Å². The fraction of sp³-hybridized carbons (Fsp3) is 0.593. The number of rotatable bonds is 4. The molecule has 31 heavy (non-hydrogen) atoms. The third-order valence-electron chi connectivity index (χ3n) is 9.18. The minimum Gasteiger partial charge on any atom is -0.303 e. The van der Waals surface area contributed by atoms with Crippen LogP contribution < -0.4 is 0 Å². The maximum atomic E-state index is 13.2. The first kappa shape index (κ1) is 21.5. The van der Waals surface area contributed by atoms with Gasteiger partial charge in [-0.2, -0.15) is 0 Å². The molecule has 0 unspecified atom stereocenters. The van der Waals surface area contributed by atoms with Crippen LogP contribution in [-0.2, 0) is 15.6 Å². The molecule has 166 valence electrons. The van der Waals surface area contributed by atoms with Crippen LogP contribution in [0.4, 0.5) is 4.39 Å². The lowest BCUT2D eigenvalue weighted by Gasteiger charge is -2.57. The zero-order chi connectivity index (χ0) is 21.6. The van der Waals surface area contributed by atoms with Gasteiger partial charge in [0.15, 0.2) is 0 Å². The second-order valence-electron chi connectivity index (χ2n) is 10.5. The van der Waals surface area contributed by atoms with Gasteiger partial charge in [0.1, 0.15) is 5.82 Å². The molecule has 4 heteroatoms. The van der Waals surface area contributed by atoms with E-state index in [-0.39, 0.29) is 27.7 Å². The Kier molecular flexibility index (Phi) is 5.67. The zero-order valence-electron chi connectivity index (χ0n) is 18.6. The number of hydrogen-bond donors (Lipinski definition) is 0. The summed E-state index contributed by atoms with van der Waals surface area (Å²) in [5, 5.41) is 0.186. The zero-order valence-corrected chi connectivity index (χ0v) is 19.4. The third kappa shape index (κ3) is 3.64. The van der Waals surface area contributed by atoms with Gasteiger partial charge in [-0.05, 0) is 85.8 Å². The predicted octanol–water partition coefficient (Wildman–Crippen LogP) is 7.26. The Labute approximate surface area is 189 Å². The molecule has 1 aromatic carbocycles. The number of carbonyl (C=O) groups is 1. The van der Waals surface area contributed by atoms with Gasteiger partial charge in [-0.1, -0.05) is 49.8 Å². The van der Waals surface area contributed by atoms with E-state index in [1.807, 2.05) is 0 Å². The van der Waals surface area contributed by atoms with E-state index >= 15 is 0 Å². The second kappa shape index (κ2) is 8.19. The van der Waals surface area contributed by atoms with Gasteiger partial charge in [-0.15, -0.1) is 0 Å². The molecule has 0 aliphatic heterocycles. The summed E-state index contributed by atoms with van der Waals surface area (Å²) in [5.74, 6) is 1.93. The molecule has 0 aromatic heterocycles. The lowest BCUT2D eigenvalue weighted by atomic mass is 9.48. The van der Waals surface area contributed by atoms with E-state index in [4.69, 9.17) is 4.18 Å². The van der Waals surface area contributed by atoms with Crippen molar-refractivity contribution in [1.29, 1.82) is 0 Å². The molecule has 6 atom stereocenters. The van der Waals surface area contributed by atoms with Crippen molar-refractivity contribution in [2.24, 2.45) is 34.5 Å². The number of allylic oxidation sites excluding steroid dienone is 4. The van der Waals surface area contributed by atoms with E-state index in [2.05, 4.69) is 32.1 Å². The monoisotopic (exact) mass is 440 g/mol. The predicted molar refractivity (Wildman–Crippen MR) is 124 cm³/mol. The quantitative estimate of drug-likeness (QED) is 0.364. The Balaban J connectivity index is 1.25. The molecule has 0 amide bonds. The summed E-state index contributed by atoms with van der Waals surface area (Å²) >= 11 is 1.02. The summed E-state index contributed by atoms with van der Waals surface area (Å²) in [6.45, 7) is 5.17. The van der Waals surface area contributed by atoms with Crippen LogP contribution in [0.3, 0.4) is 0 Å². The highest BCUT2D eigenvalue weighted by atomic mass is 32.2. The average Bonchev–Trinajstić information content (AvgIpc) is 3.12. The summed E-state index contributed by atoms with van der Waals surface area (Å²) in [6.07, 6.45) is 15.5. The van der Waals surface area contributed by atoms with Crippen LogP contribution in [0.1, 0.15) is 64.4 Å². The molecule has 4 aliphatic rings. The van der Waals surface area contributed by atoms with Gasteiger partial charge >= 0.3 is 0 Å². The van der Waals surface area contributed by atoms with Gasteiger partial charge in [-0.25, -0.2) is 4.39 Å². The molecular formula is C27H33FO2S. The van der Waals surface area contributed by atoms with E-state index in [0.717, 1.165) is 48.7 Å². The van der Waals surface area contributed by atoms with Crippen LogP contribution >= 0.6 is 12.0 Å². The number of halogens is 1. The van der Waals surface area contributed by atoms with Crippen molar-refractivity contribution in [2.45, 2.75) is 65.4 Å². The summed E-state index contributed by atoms with van der Waals surface area (Å²) in [4.78, 5) is 13.2. The van der Waals surface area contributed by atoms with Crippen molar-refractivity contribution in [3.63, 3.8) is 0 Å². The molecule has 4 aliphatic carbocycles. The molecule has 1 aromatic rings. The fourth-order valence-electron chi connectivity index (χ4n) is 7.52. The molecule has 0 N–H and O–H groups in total. The summed E-state index contributed by atoms with van der Waals surface area (Å²) < 4.78 is 18.7. The maximum absolute atomic E-state index is 13.2. The number of carbonyl (C=O) groups excluding carboxylic acids is 1. The molecule has 0 radical (unpaired) electrons. The van der Waals surface area contributed by atoms with Gasteiger partial charge in [0.2, 0.25) is 5.12 Å². The van der Waals surface area contributed by atoms with Crippen LogP contribution in [0, 0.1) is 40.3 Å². The minimum atomic E-state index is -0.254. The van der Waals surface area contributed by atoms with E-state index in [0.29, 0.717) is 12.5 Å². The summed E-state index contributed by atoms with van der Waals surface area (Å²) in [6, 6.07) is 6.28. The van der Waals surface area contributed by atoms with Crippen LogP contribution in [0.15, 0.2) is 48.1 Å². The Morgan fingerprint density at radius 3 is 2.74 bits per heavy atom. The van der Waals surface area contributed by atoms with E-state index < -0.39 is 0 Å². The van der Waals surface area contributed by atoms with Gasteiger partial charge in [0.05, 0.1) is 18.6 Å². The van der Waals surface area contributed by atoms with Crippen LogP contribution in [-0.4, -0.2) is 5.12 Å². The van der Waals surface area contributed by atoms with Crippen molar-refractivity contribution >= 4 is 17.2 Å². The molecule has 3 saturated carbocycles. The molecule has 0 bridgehead atoms. The number of fused-ring (bicyclic) bond motifs is 5. The first-order valence-electron chi connectivity index (χ1n) is 11.9. The van der Waals surface area contributed by atoms with Crippen molar-refractivity contribution in [1.82, 2.24) is 0 Å². The van der Waals surface area contributed by atoms with E-state index in [1.165, 1.54) is 37.8 Å². The molecule has 0 heterocycles. The normalized spacial score (nSPS) is 38.7.